The quantitative estimate of drug-likeness (QED) is 0.857. The molecule has 2 aromatic rings. The second-order valence-electron chi connectivity index (χ2n) is 4.07. The summed E-state index contributed by atoms with van der Waals surface area (Å²) >= 11 is 1.66. The lowest BCUT2D eigenvalue weighted by Crippen LogP contribution is -2.03. The van der Waals surface area contributed by atoms with E-state index in [9.17, 15) is 0 Å². The predicted molar refractivity (Wildman–Crippen MR) is 71.3 cm³/mol. The minimum atomic E-state index is 0.798. The van der Waals surface area contributed by atoms with Crippen LogP contribution in [0.25, 0.3) is 0 Å². The summed E-state index contributed by atoms with van der Waals surface area (Å²) < 4.78 is 2.10. The summed E-state index contributed by atoms with van der Waals surface area (Å²) in [5.74, 6) is 0. The Hall–Kier alpha value is -1.36. The molecule has 0 aliphatic rings. The van der Waals surface area contributed by atoms with E-state index in [1.807, 2.05) is 19.3 Å². The lowest BCUT2D eigenvalue weighted by Gasteiger charge is -2.03. The second-order valence-corrected chi connectivity index (χ2v) is 5.13. The maximum atomic E-state index is 4.18. The van der Waals surface area contributed by atoms with E-state index in [2.05, 4.69) is 33.1 Å². The molecule has 2 aromatic heterocycles. The van der Waals surface area contributed by atoms with Gasteiger partial charge in [0.05, 0.1) is 6.54 Å². The molecular weight excluding hydrogens is 232 g/mol. The first kappa shape index (κ1) is 12.1. The minimum Gasteiger partial charge on any atom is -0.355 e. The number of aryl methyl sites for hydroxylation is 2. The topological polar surface area (TPSA) is 42.7 Å². The molecule has 0 aliphatic heterocycles. The van der Waals surface area contributed by atoms with Crippen LogP contribution >= 0.6 is 11.3 Å². The van der Waals surface area contributed by atoms with Crippen molar-refractivity contribution in [3.05, 3.63) is 29.0 Å². The third-order valence-corrected chi connectivity index (χ3v) is 3.62. The van der Waals surface area contributed by atoms with Gasteiger partial charge in [0.1, 0.15) is 5.01 Å². The van der Waals surface area contributed by atoms with Crippen molar-refractivity contribution in [3.8, 4) is 0 Å². The Balaban J connectivity index is 1.87. The molecule has 0 bridgehead atoms. The van der Waals surface area contributed by atoms with Crippen LogP contribution in [-0.4, -0.2) is 14.8 Å². The molecule has 2 rings (SSSR count). The van der Waals surface area contributed by atoms with Gasteiger partial charge in [0.25, 0.3) is 0 Å². The highest BCUT2D eigenvalue weighted by molar-refractivity contribution is 7.15. The largest absolute Gasteiger partial charge is 0.355 e. The number of unbranched alkanes of at least 4 members (excludes halogenated alkanes) is 1. The van der Waals surface area contributed by atoms with Crippen molar-refractivity contribution in [2.75, 3.05) is 5.32 Å². The Labute approximate surface area is 106 Å². The monoisotopic (exact) mass is 250 g/mol. The van der Waals surface area contributed by atoms with Crippen LogP contribution in [0.3, 0.4) is 0 Å². The van der Waals surface area contributed by atoms with Gasteiger partial charge >= 0.3 is 0 Å². The fourth-order valence-corrected chi connectivity index (χ4v) is 2.38. The van der Waals surface area contributed by atoms with Gasteiger partial charge in [-0.1, -0.05) is 24.7 Å². The van der Waals surface area contributed by atoms with Crippen LogP contribution in [0.1, 0.15) is 30.5 Å². The Kier molecular flexibility index (Phi) is 4.14. The third kappa shape index (κ3) is 3.30. The maximum absolute atomic E-state index is 4.18. The molecule has 0 aliphatic carbocycles. The van der Waals surface area contributed by atoms with Crippen molar-refractivity contribution in [1.29, 1.82) is 0 Å². The van der Waals surface area contributed by atoms with Crippen molar-refractivity contribution in [2.24, 2.45) is 7.05 Å². The van der Waals surface area contributed by atoms with Crippen LogP contribution in [0.5, 0.6) is 0 Å². The van der Waals surface area contributed by atoms with Gasteiger partial charge in [-0.3, -0.25) is 0 Å². The van der Waals surface area contributed by atoms with Crippen molar-refractivity contribution in [3.63, 3.8) is 0 Å². The SMILES string of the molecule is CCCCc1nnc(NCc2cccn2C)s1. The predicted octanol–water partition coefficient (Wildman–Crippen LogP) is 2.83. The molecule has 0 saturated carbocycles. The van der Waals surface area contributed by atoms with Crippen LogP contribution < -0.4 is 5.32 Å². The third-order valence-electron chi connectivity index (χ3n) is 2.68. The zero-order valence-electron chi connectivity index (χ0n) is 10.3. The average Bonchev–Trinajstić information content (AvgIpc) is 2.93. The summed E-state index contributed by atoms with van der Waals surface area (Å²) in [5.41, 5.74) is 1.25. The molecule has 0 fully saturated rings. The fraction of sp³-hybridized carbons (Fsp3) is 0.500. The van der Waals surface area contributed by atoms with E-state index >= 15 is 0 Å². The van der Waals surface area contributed by atoms with Gasteiger partial charge in [-0.2, -0.15) is 0 Å². The summed E-state index contributed by atoms with van der Waals surface area (Å²) in [6.07, 6.45) is 5.47. The van der Waals surface area contributed by atoms with Crippen LogP contribution in [0.4, 0.5) is 5.13 Å². The van der Waals surface area contributed by atoms with Gasteiger partial charge in [-0.25, -0.2) is 0 Å². The van der Waals surface area contributed by atoms with Crippen molar-refractivity contribution < 1.29 is 0 Å². The number of hydrogen-bond donors (Lipinski definition) is 1. The van der Waals surface area contributed by atoms with Crippen LogP contribution in [0.15, 0.2) is 18.3 Å². The molecule has 0 radical (unpaired) electrons. The molecule has 0 spiro atoms. The molecule has 0 amide bonds. The van der Waals surface area contributed by atoms with Crippen molar-refractivity contribution >= 4 is 16.5 Å². The molecule has 0 saturated heterocycles. The van der Waals surface area contributed by atoms with Gasteiger partial charge in [0.2, 0.25) is 5.13 Å². The zero-order valence-corrected chi connectivity index (χ0v) is 11.1. The van der Waals surface area contributed by atoms with E-state index in [4.69, 9.17) is 0 Å². The van der Waals surface area contributed by atoms with E-state index < -0.39 is 0 Å². The zero-order chi connectivity index (χ0) is 12.1. The van der Waals surface area contributed by atoms with Gasteiger partial charge in [0, 0.05) is 25.4 Å². The maximum Gasteiger partial charge on any atom is 0.205 e. The van der Waals surface area contributed by atoms with E-state index in [-0.39, 0.29) is 0 Å². The first-order chi connectivity index (χ1) is 8.29. The number of nitrogens with one attached hydrogen (secondary N) is 1. The van der Waals surface area contributed by atoms with Gasteiger partial charge in [-0.05, 0) is 18.6 Å². The molecule has 1 N–H and O–H groups in total. The Morgan fingerprint density at radius 2 is 2.29 bits per heavy atom. The molecule has 0 atom stereocenters. The molecule has 4 nitrogen and oxygen atoms in total. The fourth-order valence-electron chi connectivity index (χ4n) is 1.60. The Bertz CT molecular complexity index is 461. The number of hydrogen-bond acceptors (Lipinski definition) is 4. The highest BCUT2D eigenvalue weighted by Gasteiger charge is 2.04. The average molecular weight is 250 g/mol. The van der Waals surface area contributed by atoms with E-state index in [1.165, 1.54) is 18.5 Å². The number of aromatic nitrogens is 3. The Morgan fingerprint density at radius 1 is 1.41 bits per heavy atom. The molecule has 17 heavy (non-hydrogen) atoms. The lowest BCUT2D eigenvalue weighted by atomic mass is 10.3. The molecule has 0 aromatic carbocycles. The van der Waals surface area contributed by atoms with E-state index in [0.717, 1.165) is 23.1 Å². The summed E-state index contributed by atoms with van der Waals surface area (Å²) in [6, 6.07) is 4.15. The van der Waals surface area contributed by atoms with Crippen molar-refractivity contribution in [1.82, 2.24) is 14.8 Å². The molecule has 92 valence electrons. The number of rotatable bonds is 6. The van der Waals surface area contributed by atoms with Crippen LogP contribution in [-0.2, 0) is 20.0 Å². The van der Waals surface area contributed by atoms with Gasteiger partial charge in [0.15, 0.2) is 0 Å². The smallest absolute Gasteiger partial charge is 0.205 e. The summed E-state index contributed by atoms with van der Waals surface area (Å²) in [7, 11) is 2.05. The molecule has 5 heteroatoms. The van der Waals surface area contributed by atoms with Gasteiger partial charge < -0.3 is 9.88 Å². The molecule has 0 unspecified atom stereocenters. The number of nitrogens with zero attached hydrogens (tertiary/aromatic N) is 3. The van der Waals surface area contributed by atoms with E-state index in [0.29, 0.717) is 0 Å². The van der Waals surface area contributed by atoms with Crippen LogP contribution in [0, 0.1) is 0 Å². The highest BCUT2D eigenvalue weighted by atomic mass is 32.1. The molecular formula is C12H18N4S. The van der Waals surface area contributed by atoms with Crippen LogP contribution in [0.2, 0.25) is 0 Å². The normalized spacial score (nSPS) is 10.7. The minimum absolute atomic E-state index is 0.798. The standard InChI is InChI=1S/C12H18N4S/c1-3-4-7-11-14-15-12(17-11)13-9-10-6-5-8-16(10)2/h5-6,8H,3-4,7,9H2,1-2H3,(H,13,15). The van der Waals surface area contributed by atoms with Gasteiger partial charge in [-0.15, -0.1) is 10.2 Å². The first-order valence-corrected chi connectivity index (χ1v) is 6.77. The summed E-state index contributed by atoms with van der Waals surface area (Å²) in [4.78, 5) is 0. The summed E-state index contributed by atoms with van der Waals surface area (Å²) in [6.45, 7) is 2.99. The van der Waals surface area contributed by atoms with E-state index in [1.54, 1.807) is 11.3 Å². The van der Waals surface area contributed by atoms with Crippen molar-refractivity contribution in [2.45, 2.75) is 32.7 Å². The second kappa shape index (κ2) is 5.82. The first-order valence-electron chi connectivity index (χ1n) is 5.96. The number of anilines is 1. The summed E-state index contributed by atoms with van der Waals surface area (Å²) in [5, 5.41) is 13.7. The Morgan fingerprint density at radius 3 is 3.00 bits per heavy atom. The highest BCUT2D eigenvalue weighted by Crippen LogP contribution is 2.17. The lowest BCUT2D eigenvalue weighted by molar-refractivity contribution is 0.779. The molecule has 2 heterocycles.